The zero-order valence-electron chi connectivity index (χ0n) is 18.1. The van der Waals surface area contributed by atoms with Gasteiger partial charge in [-0.05, 0) is 35.9 Å². The molecule has 0 aliphatic heterocycles. The molecule has 2 nitrogen and oxygen atoms in total. The van der Waals surface area contributed by atoms with Gasteiger partial charge < -0.3 is 9.13 Å². The Balaban J connectivity index is 1.50. The molecule has 5 aromatic carbocycles. The van der Waals surface area contributed by atoms with E-state index in [4.69, 9.17) is 0 Å². The van der Waals surface area contributed by atoms with E-state index in [9.17, 15) is 0 Å². The minimum absolute atomic E-state index is 0.811. The third-order valence-electron chi connectivity index (χ3n) is 6.82. The lowest BCUT2D eigenvalue weighted by Gasteiger charge is -2.15. The molecule has 2 heterocycles. The maximum absolute atomic E-state index is 2.46. The summed E-state index contributed by atoms with van der Waals surface area (Å²) >= 11 is 0. The van der Waals surface area contributed by atoms with Gasteiger partial charge in [0.25, 0.3) is 0 Å². The van der Waals surface area contributed by atoms with Gasteiger partial charge >= 0.3 is 0 Å². The van der Waals surface area contributed by atoms with Gasteiger partial charge in [-0.2, -0.15) is 0 Å². The van der Waals surface area contributed by atoms with Gasteiger partial charge in [0, 0.05) is 32.6 Å². The van der Waals surface area contributed by atoms with Crippen LogP contribution in [0.25, 0.3) is 49.3 Å². The first kappa shape index (κ1) is 18.3. The van der Waals surface area contributed by atoms with Crippen molar-refractivity contribution in [2.75, 3.05) is 0 Å². The molecule has 0 saturated heterocycles. The van der Waals surface area contributed by atoms with Gasteiger partial charge in [0.2, 0.25) is 0 Å². The predicted octanol–water partition coefficient (Wildman–Crippen LogP) is 7.94. The molecule has 0 N–H and O–H groups in total. The van der Waals surface area contributed by atoms with E-state index in [0.29, 0.717) is 0 Å². The molecule has 0 radical (unpaired) electrons. The molecule has 0 aliphatic rings. The number of para-hydroxylation sites is 5. The number of nitrogens with zero attached hydrogens (tertiary/aromatic N) is 2. The Hall–Kier alpha value is -4.30. The monoisotopic (exact) mass is 422 g/mol. The van der Waals surface area contributed by atoms with Crippen molar-refractivity contribution in [1.29, 1.82) is 0 Å². The summed E-state index contributed by atoms with van der Waals surface area (Å²) in [4.78, 5) is 0. The van der Waals surface area contributed by atoms with Crippen LogP contribution in [-0.4, -0.2) is 9.13 Å². The number of hydrogen-bond donors (Lipinski definition) is 0. The Kier molecular flexibility index (Phi) is 3.94. The highest BCUT2D eigenvalue weighted by Crippen LogP contribution is 2.34. The topological polar surface area (TPSA) is 9.86 Å². The molecule has 2 aromatic heterocycles. The van der Waals surface area contributed by atoms with Crippen molar-refractivity contribution >= 4 is 43.6 Å². The zero-order chi connectivity index (χ0) is 21.8. The Morgan fingerprint density at radius 3 is 1.33 bits per heavy atom. The molecule has 0 spiro atoms. The summed E-state index contributed by atoms with van der Waals surface area (Å²) in [5.74, 6) is 0. The quantitative estimate of drug-likeness (QED) is 0.273. The predicted molar refractivity (Wildman–Crippen MR) is 139 cm³/mol. The molecular weight excluding hydrogens is 400 g/mol. The SMILES string of the molecule is c1ccc(-n2c3ccccc3c3ccccc32)c(Cn2c3ccccc3c3ccccc32)c1. The lowest BCUT2D eigenvalue weighted by molar-refractivity contribution is 0.859. The maximum Gasteiger partial charge on any atom is 0.0541 e. The number of fused-ring (bicyclic) bond motifs is 6. The molecule has 0 bridgehead atoms. The van der Waals surface area contributed by atoms with Crippen LogP contribution in [0.2, 0.25) is 0 Å². The molecule has 0 saturated carbocycles. The number of benzene rings is 5. The van der Waals surface area contributed by atoms with Crippen LogP contribution in [0.3, 0.4) is 0 Å². The third-order valence-corrected chi connectivity index (χ3v) is 6.82. The van der Waals surface area contributed by atoms with E-state index in [2.05, 4.69) is 130 Å². The molecule has 7 rings (SSSR count). The molecule has 0 aliphatic carbocycles. The third kappa shape index (κ3) is 2.68. The van der Waals surface area contributed by atoms with Crippen molar-refractivity contribution in [3.05, 3.63) is 127 Å². The second-order valence-corrected chi connectivity index (χ2v) is 8.62. The molecule has 33 heavy (non-hydrogen) atoms. The first-order valence-electron chi connectivity index (χ1n) is 11.4. The van der Waals surface area contributed by atoms with Crippen LogP contribution < -0.4 is 0 Å². The smallest absolute Gasteiger partial charge is 0.0541 e. The summed E-state index contributed by atoms with van der Waals surface area (Å²) in [5, 5.41) is 5.20. The lowest BCUT2D eigenvalue weighted by atomic mass is 10.1. The molecule has 0 fully saturated rings. The highest BCUT2D eigenvalue weighted by Gasteiger charge is 2.16. The van der Waals surface area contributed by atoms with E-state index in [1.54, 1.807) is 0 Å². The molecule has 0 atom stereocenters. The highest BCUT2D eigenvalue weighted by atomic mass is 15.0. The maximum atomic E-state index is 2.46. The van der Waals surface area contributed by atoms with E-state index in [1.807, 2.05) is 0 Å². The Bertz CT molecular complexity index is 1690. The number of aromatic nitrogens is 2. The summed E-state index contributed by atoms with van der Waals surface area (Å²) in [5.41, 5.74) is 7.57. The normalized spacial score (nSPS) is 11.8. The van der Waals surface area contributed by atoms with Gasteiger partial charge in [-0.15, -0.1) is 0 Å². The van der Waals surface area contributed by atoms with Crippen LogP contribution in [0.15, 0.2) is 121 Å². The van der Waals surface area contributed by atoms with Crippen LogP contribution in [0, 0.1) is 0 Å². The van der Waals surface area contributed by atoms with Crippen LogP contribution in [0.5, 0.6) is 0 Å². The van der Waals surface area contributed by atoms with Gasteiger partial charge in [0.1, 0.15) is 0 Å². The van der Waals surface area contributed by atoms with E-state index in [-0.39, 0.29) is 0 Å². The van der Waals surface area contributed by atoms with Gasteiger partial charge in [0.15, 0.2) is 0 Å². The number of rotatable bonds is 3. The van der Waals surface area contributed by atoms with Crippen molar-refractivity contribution in [3.8, 4) is 5.69 Å². The fraction of sp³-hybridized carbons (Fsp3) is 0.0323. The Morgan fingerprint density at radius 2 is 0.788 bits per heavy atom. The van der Waals surface area contributed by atoms with E-state index >= 15 is 0 Å². The Labute approximate surface area is 191 Å². The van der Waals surface area contributed by atoms with Gasteiger partial charge in [-0.3, -0.25) is 0 Å². The molecular formula is C31H22N2. The van der Waals surface area contributed by atoms with Crippen LogP contribution in [-0.2, 0) is 6.54 Å². The summed E-state index contributed by atoms with van der Waals surface area (Å²) in [7, 11) is 0. The molecule has 2 heteroatoms. The van der Waals surface area contributed by atoms with E-state index < -0.39 is 0 Å². The van der Waals surface area contributed by atoms with Gasteiger partial charge in [-0.25, -0.2) is 0 Å². The average Bonchev–Trinajstić information content (AvgIpc) is 3.38. The first-order valence-corrected chi connectivity index (χ1v) is 11.4. The largest absolute Gasteiger partial charge is 0.336 e. The Morgan fingerprint density at radius 1 is 0.394 bits per heavy atom. The second kappa shape index (κ2) is 7.11. The van der Waals surface area contributed by atoms with Crippen molar-refractivity contribution in [2.24, 2.45) is 0 Å². The van der Waals surface area contributed by atoms with E-state index in [0.717, 1.165) is 6.54 Å². The van der Waals surface area contributed by atoms with E-state index in [1.165, 1.54) is 54.9 Å². The number of hydrogen-bond acceptors (Lipinski definition) is 0. The molecule has 0 unspecified atom stereocenters. The standard InChI is InChI=1S/C31H22N2/c1-6-16-27(33-30-19-9-4-14-25(30)26-15-5-10-20-31(26)33)22(11-1)21-32-28-17-7-2-12-23(28)24-13-3-8-18-29(24)32/h1-20H,21H2. The fourth-order valence-corrected chi connectivity index (χ4v) is 5.39. The molecule has 7 aromatic rings. The highest BCUT2D eigenvalue weighted by molar-refractivity contribution is 6.10. The van der Waals surface area contributed by atoms with Crippen molar-refractivity contribution in [3.63, 3.8) is 0 Å². The first-order chi connectivity index (χ1) is 16.4. The lowest BCUT2D eigenvalue weighted by Crippen LogP contribution is -2.05. The van der Waals surface area contributed by atoms with Crippen molar-refractivity contribution in [2.45, 2.75) is 6.54 Å². The minimum atomic E-state index is 0.811. The average molecular weight is 423 g/mol. The molecule has 0 amide bonds. The van der Waals surface area contributed by atoms with Crippen LogP contribution >= 0.6 is 0 Å². The van der Waals surface area contributed by atoms with Gasteiger partial charge in [-0.1, -0.05) is 91.0 Å². The fourth-order valence-electron chi connectivity index (χ4n) is 5.39. The van der Waals surface area contributed by atoms with Gasteiger partial charge in [0.05, 0.1) is 23.3 Å². The summed E-state index contributed by atoms with van der Waals surface area (Å²) < 4.78 is 4.88. The van der Waals surface area contributed by atoms with Crippen molar-refractivity contribution < 1.29 is 0 Å². The van der Waals surface area contributed by atoms with Crippen molar-refractivity contribution in [1.82, 2.24) is 9.13 Å². The summed E-state index contributed by atoms with van der Waals surface area (Å²) in [6.45, 7) is 0.811. The summed E-state index contributed by atoms with van der Waals surface area (Å²) in [6.07, 6.45) is 0. The van der Waals surface area contributed by atoms with Crippen LogP contribution in [0.4, 0.5) is 0 Å². The van der Waals surface area contributed by atoms with Crippen LogP contribution in [0.1, 0.15) is 5.56 Å². The minimum Gasteiger partial charge on any atom is -0.336 e. The summed E-state index contributed by atoms with van der Waals surface area (Å²) in [6, 6.07) is 43.7. The molecule has 156 valence electrons. The second-order valence-electron chi connectivity index (χ2n) is 8.62. The zero-order valence-corrected chi connectivity index (χ0v) is 18.1.